The Morgan fingerprint density at radius 2 is 2.11 bits per heavy atom. The van der Waals surface area contributed by atoms with Crippen molar-refractivity contribution in [3.8, 4) is 0 Å². The summed E-state index contributed by atoms with van der Waals surface area (Å²) in [6, 6.07) is 6.32. The van der Waals surface area contributed by atoms with Gasteiger partial charge in [0.05, 0.1) is 10.5 Å². The second-order valence-corrected chi connectivity index (χ2v) is 7.74. The van der Waals surface area contributed by atoms with Gasteiger partial charge in [-0.3, -0.25) is 19.8 Å². The van der Waals surface area contributed by atoms with Crippen LogP contribution in [0.15, 0.2) is 30.3 Å². The molecule has 140 valence electrons. The predicted molar refractivity (Wildman–Crippen MR) is 106 cm³/mol. The van der Waals surface area contributed by atoms with E-state index in [1.54, 1.807) is 23.5 Å². The number of likely N-dealkylation sites (N-methyl/N-ethyl adjacent to an activating group) is 1. The van der Waals surface area contributed by atoms with Crippen LogP contribution in [0.25, 0.3) is 6.08 Å². The van der Waals surface area contributed by atoms with Gasteiger partial charge in [-0.1, -0.05) is 13.0 Å². The third kappa shape index (κ3) is 3.45. The Balaban J connectivity index is 1.51. The fraction of sp³-hybridized carbons (Fsp3) is 0.316. The zero-order chi connectivity index (χ0) is 19.0. The van der Waals surface area contributed by atoms with Gasteiger partial charge in [0.2, 0.25) is 0 Å². The van der Waals surface area contributed by atoms with Crippen molar-refractivity contribution in [1.82, 2.24) is 10.2 Å². The fourth-order valence-corrected chi connectivity index (χ4v) is 4.79. The van der Waals surface area contributed by atoms with Crippen molar-refractivity contribution in [2.24, 2.45) is 0 Å². The lowest BCUT2D eigenvalue weighted by Crippen LogP contribution is -2.43. The summed E-state index contributed by atoms with van der Waals surface area (Å²) in [6.07, 6.45) is 4.31. The number of carbonyl (C=O) groups is 1. The molecular weight excluding hydrogens is 364 g/mol. The molecule has 1 unspecified atom stereocenters. The Labute approximate surface area is 160 Å². The normalized spacial score (nSPS) is 19.3. The van der Waals surface area contributed by atoms with E-state index in [0.29, 0.717) is 0 Å². The van der Waals surface area contributed by atoms with Crippen LogP contribution in [0.2, 0.25) is 0 Å². The topological polar surface area (TPSA) is 87.5 Å². The van der Waals surface area contributed by atoms with E-state index in [9.17, 15) is 14.9 Å². The number of thiophene rings is 1. The molecule has 0 spiro atoms. The maximum Gasteiger partial charge on any atom is 0.269 e. The van der Waals surface area contributed by atoms with Crippen LogP contribution in [0.4, 0.5) is 10.7 Å². The number of rotatable bonds is 4. The SMILES string of the molecule is CCN1CCc2c(sc3c2C(=O)NC(C=Cc2ccc([N+](=O)[O-])cc2)N3)C1. The third-order valence-corrected chi connectivity index (χ3v) is 6.12. The number of anilines is 1. The molecule has 0 saturated heterocycles. The molecule has 0 aliphatic carbocycles. The first-order chi connectivity index (χ1) is 13.0. The summed E-state index contributed by atoms with van der Waals surface area (Å²) in [5, 5.41) is 18.0. The minimum Gasteiger partial charge on any atom is -0.353 e. The maximum atomic E-state index is 12.6. The van der Waals surface area contributed by atoms with E-state index in [2.05, 4.69) is 22.5 Å². The van der Waals surface area contributed by atoms with Gasteiger partial charge in [0.1, 0.15) is 11.2 Å². The van der Waals surface area contributed by atoms with Gasteiger partial charge in [-0.05, 0) is 42.3 Å². The van der Waals surface area contributed by atoms with Crippen LogP contribution in [-0.2, 0) is 13.0 Å². The summed E-state index contributed by atoms with van der Waals surface area (Å²) in [4.78, 5) is 26.6. The highest BCUT2D eigenvalue weighted by Gasteiger charge is 2.31. The first-order valence-corrected chi connectivity index (χ1v) is 9.73. The zero-order valence-electron chi connectivity index (χ0n) is 14.9. The quantitative estimate of drug-likeness (QED) is 0.624. The van der Waals surface area contributed by atoms with E-state index in [1.807, 2.05) is 12.2 Å². The molecule has 2 aromatic rings. The van der Waals surface area contributed by atoms with Gasteiger partial charge in [-0.2, -0.15) is 0 Å². The lowest BCUT2D eigenvalue weighted by molar-refractivity contribution is -0.384. The standard InChI is InChI=1S/C19H20N4O3S/c1-2-22-10-9-14-15(11-22)27-19-17(14)18(24)20-16(21-19)8-5-12-3-6-13(7-4-12)23(25)26/h3-8,16,21H,2,9-11H2,1H3,(H,20,24). The van der Waals surface area contributed by atoms with Gasteiger partial charge < -0.3 is 10.6 Å². The number of nitrogens with zero attached hydrogens (tertiary/aromatic N) is 2. The highest BCUT2D eigenvalue weighted by molar-refractivity contribution is 7.16. The lowest BCUT2D eigenvalue weighted by atomic mass is 10.0. The van der Waals surface area contributed by atoms with Crippen molar-refractivity contribution in [2.75, 3.05) is 18.4 Å². The van der Waals surface area contributed by atoms with Crippen LogP contribution in [-0.4, -0.2) is 35.0 Å². The van der Waals surface area contributed by atoms with Crippen LogP contribution in [0.3, 0.4) is 0 Å². The van der Waals surface area contributed by atoms with Crippen molar-refractivity contribution in [3.05, 3.63) is 62.0 Å². The van der Waals surface area contributed by atoms with Gasteiger partial charge in [0.15, 0.2) is 0 Å². The summed E-state index contributed by atoms with van der Waals surface area (Å²) in [5.74, 6) is -0.0375. The molecule has 0 saturated carbocycles. The van der Waals surface area contributed by atoms with E-state index >= 15 is 0 Å². The lowest BCUT2D eigenvalue weighted by Gasteiger charge is -2.26. The third-order valence-electron chi connectivity index (χ3n) is 4.97. The van der Waals surface area contributed by atoms with Crippen LogP contribution in [0.1, 0.15) is 33.3 Å². The Hall–Kier alpha value is -2.71. The molecule has 4 rings (SSSR count). The van der Waals surface area contributed by atoms with E-state index in [-0.39, 0.29) is 17.8 Å². The number of fused-ring (bicyclic) bond motifs is 3. The molecule has 8 heteroatoms. The molecule has 1 aromatic carbocycles. The van der Waals surface area contributed by atoms with E-state index in [4.69, 9.17) is 0 Å². The molecule has 0 fully saturated rings. The Morgan fingerprint density at radius 1 is 1.33 bits per heavy atom. The average Bonchev–Trinajstić information content (AvgIpc) is 3.04. The maximum absolute atomic E-state index is 12.6. The molecule has 1 atom stereocenters. The molecular formula is C19H20N4O3S. The fourth-order valence-electron chi connectivity index (χ4n) is 3.47. The van der Waals surface area contributed by atoms with Crippen molar-refractivity contribution in [1.29, 1.82) is 0 Å². The highest BCUT2D eigenvalue weighted by Crippen LogP contribution is 2.38. The number of nitrogens with one attached hydrogen (secondary N) is 2. The monoisotopic (exact) mass is 384 g/mol. The zero-order valence-corrected chi connectivity index (χ0v) is 15.7. The summed E-state index contributed by atoms with van der Waals surface area (Å²) < 4.78 is 0. The molecule has 2 aliphatic heterocycles. The predicted octanol–water partition coefficient (Wildman–Crippen LogP) is 3.23. The largest absolute Gasteiger partial charge is 0.353 e. The smallest absolute Gasteiger partial charge is 0.269 e. The minimum absolute atomic E-state index is 0.0375. The molecule has 2 N–H and O–H groups in total. The van der Waals surface area contributed by atoms with Gasteiger partial charge in [0, 0.05) is 30.1 Å². The molecule has 7 nitrogen and oxygen atoms in total. The molecule has 2 aliphatic rings. The number of nitro benzene ring substituents is 1. The van der Waals surface area contributed by atoms with Crippen LogP contribution < -0.4 is 10.6 Å². The average molecular weight is 384 g/mol. The number of amides is 1. The van der Waals surface area contributed by atoms with E-state index < -0.39 is 4.92 Å². The van der Waals surface area contributed by atoms with Gasteiger partial charge in [0.25, 0.3) is 11.6 Å². The minimum atomic E-state index is -0.420. The van der Waals surface area contributed by atoms with E-state index in [1.165, 1.54) is 22.6 Å². The molecule has 1 amide bonds. The molecule has 1 aromatic heterocycles. The molecule has 27 heavy (non-hydrogen) atoms. The number of benzene rings is 1. The number of hydrogen-bond donors (Lipinski definition) is 2. The summed E-state index contributed by atoms with van der Waals surface area (Å²) in [7, 11) is 0. The highest BCUT2D eigenvalue weighted by atomic mass is 32.1. The van der Waals surface area contributed by atoms with Crippen LogP contribution in [0, 0.1) is 10.1 Å². The first kappa shape index (κ1) is 17.7. The number of hydrogen-bond acceptors (Lipinski definition) is 6. The summed E-state index contributed by atoms with van der Waals surface area (Å²) >= 11 is 1.67. The summed E-state index contributed by atoms with van der Waals surface area (Å²) in [5.41, 5.74) is 2.88. The second-order valence-electron chi connectivity index (χ2n) is 6.63. The van der Waals surface area contributed by atoms with E-state index in [0.717, 1.165) is 42.2 Å². The van der Waals surface area contributed by atoms with Crippen molar-refractivity contribution >= 4 is 34.0 Å². The summed E-state index contributed by atoms with van der Waals surface area (Å²) in [6.45, 7) is 5.07. The Bertz CT molecular complexity index is 920. The van der Waals surface area contributed by atoms with Crippen molar-refractivity contribution in [3.63, 3.8) is 0 Å². The van der Waals surface area contributed by atoms with Gasteiger partial charge in [-0.15, -0.1) is 11.3 Å². The number of nitro groups is 1. The van der Waals surface area contributed by atoms with Crippen molar-refractivity contribution in [2.45, 2.75) is 26.1 Å². The molecule has 3 heterocycles. The first-order valence-electron chi connectivity index (χ1n) is 8.92. The molecule has 0 radical (unpaired) electrons. The van der Waals surface area contributed by atoms with Crippen LogP contribution >= 0.6 is 11.3 Å². The van der Waals surface area contributed by atoms with Crippen molar-refractivity contribution < 1.29 is 9.72 Å². The van der Waals surface area contributed by atoms with Crippen LogP contribution in [0.5, 0.6) is 0 Å². The number of non-ortho nitro benzene ring substituents is 1. The number of carbonyl (C=O) groups excluding carboxylic acids is 1. The van der Waals surface area contributed by atoms with Gasteiger partial charge in [-0.25, -0.2) is 0 Å². The molecule has 0 bridgehead atoms. The van der Waals surface area contributed by atoms with Gasteiger partial charge >= 0.3 is 0 Å². The second kappa shape index (κ2) is 7.13. The Morgan fingerprint density at radius 3 is 2.81 bits per heavy atom. The Kier molecular flexibility index (Phi) is 4.67.